The molecule has 1 amide bonds. The van der Waals surface area contributed by atoms with Gasteiger partial charge in [-0.25, -0.2) is 8.91 Å². The van der Waals surface area contributed by atoms with Crippen molar-refractivity contribution in [3.63, 3.8) is 0 Å². The molecule has 0 N–H and O–H groups in total. The van der Waals surface area contributed by atoms with Crippen LogP contribution in [0.4, 0.5) is 10.1 Å². The van der Waals surface area contributed by atoms with Crippen LogP contribution in [-0.2, 0) is 29.0 Å². The first kappa shape index (κ1) is 24.5. The molecule has 0 bridgehead atoms. The minimum atomic E-state index is -0.430. The number of morpholine rings is 1. The van der Waals surface area contributed by atoms with Crippen LogP contribution in [0.1, 0.15) is 55.4 Å². The lowest BCUT2D eigenvalue weighted by atomic mass is 9.94. The Morgan fingerprint density at radius 1 is 1.21 bits per heavy atom. The SMILES string of the molecule is C[C@@H]1CN(c2ccc(C#N)n3ncc(F)c23)Cc2c3c(nn21)CN(CC1(C(=O)N2CCOCC2)CC1)[C@@H](C)C3. The van der Waals surface area contributed by atoms with Gasteiger partial charge >= 0.3 is 0 Å². The number of pyridine rings is 1. The Balaban J connectivity index is 1.14. The van der Waals surface area contributed by atoms with E-state index >= 15 is 0 Å². The Morgan fingerprint density at radius 3 is 2.74 bits per heavy atom. The highest BCUT2D eigenvalue weighted by Crippen LogP contribution is 2.49. The molecular weight excluding hydrogens is 499 g/mol. The van der Waals surface area contributed by atoms with Gasteiger partial charge in [-0.2, -0.15) is 15.5 Å². The molecule has 3 aromatic rings. The number of nitrogens with zero attached hydrogens (tertiary/aromatic N) is 8. The summed E-state index contributed by atoms with van der Waals surface area (Å²) in [6, 6.07) is 6.02. The fourth-order valence-electron chi connectivity index (χ4n) is 6.73. The van der Waals surface area contributed by atoms with Crippen LogP contribution >= 0.6 is 0 Å². The Hall–Kier alpha value is -3.49. The highest BCUT2D eigenvalue weighted by Gasteiger charge is 2.53. The predicted molar refractivity (Wildman–Crippen MR) is 140 cm³/mol. The molecular formula is C28H33FN8O2. The number of aromatic nitrogens is 4. The van der Waals surface area contributed by atoms with E-state index in [1.54, 1.807) is 6.07 Å². The molecule has 1 saturated carbocycles. The summed E-state index contributed by atoms with van der Waals surface area (Å²) in [5.74, 6) is -0.140. The van der Waals surface area contributed by atoms with E-state index in [4.69, 9.17) is 9.84 Å². The third-order valence-electron chi connectivity index (χ3n) is 9.08. The van der Waals surface area contributed by atoms with E-state index in [1.807, 2.05) is 11.0 Å². The van der Waals surface area contributed by atoms with Crippen LogP contribution in [0.15, 0.2) is 18.3 Å². The van der Waals surface area contributed by atoms with E-state index in [0.29, 0.717) is 56.6 Å². The molecule has 0 unspecified atom stereocenters. The monoisotopic (exact) mass is 532 g/mol. The van der Waals surface area contributed by atoms with Crippen molar-refractivity contribution < 1.29 is 13.9 Å². The van der Waals surface area contributed by atoms with Gasteiger partial charge in [0.25, 0.3) is 0 Å². The van der Waals surface area contributed by atoms with Gasteiger partial charge in [-0.3, -0.25) is 14.4 Å². The summed E-state index contributed by atoms with van der Waals surface area (Å²) in [6.07, 6.45) is 3.95. The zero-order valence-electron chi connectivity index (χ0n) is 22.4. The normalized spacial score (nSPS) is 24.4. The summed E-state index contributed by atoms with van der Waals surface area (Å²) in [6.45, 7) is 9.83. The molecule has 39 heavy (non-hydrogen) atoms. The van der Waals surface area contributed by atoms with Gasteiger partial charge in [-0.05, 0) is 45.2 Å². The zero-order chi connectivity index (χ0) is 26.9. The number of carbonyl (C=O) groups excluding carboxylic acids is 1. The van der Waals surface area contributed by atoms with Crippen molar-refractivity contribution >= 4 is 17.1 Å². The van der Waals surface area contributed by atoms with Crippen molar-refractivity contribution in [2.24, 2.45) is 5.41 Å². The second-order valence-electron chi connectivity index (χ2n) is 11.7. The van der Waals surface area contributed by atoms with Crippen molar-refractivity contribution in [3.05, 3.63) is 46.8 Å². The van der Waals surface area contributed by atoms with E-state index in [-0.39, 0.29) is 17.4 Å². The maximum absolute atomic E-state index is 14.8. The number of rotatable bonds is 4. The summed E-state index contributed by atoms with van der Waals surface area (Å²) in [5, 5.41) is 18.6. The molecule has 11 heteroatoms. The van der Waals surface area contributed by atoms with Gasteiger partial charge in [-0.1, -0.05) is 0 Å². The second-order valence-corrected chi connectivity index (χ2v) is 11.7. The maximum atomic E-state index is 14.8. The van der Waals surface area contributed by atoms with Gasteiger partial charge in [0.05, 0.1) is 54.5 Å². The van der Waals surface area contributed by atoms with Crippen LogP contribution in [0.3, 0.4) is 0 Å². The fourth-order valence-corrected chi connectivity index (χ4v) is 6.73. The summed E-state index contributed by atoms with van der Waals surface area (Å²) in [7, 11) is 0. The molecule has 1 saturated heterocycles. The van der Waals surface area contributed by atoms with Crippen LogP contribution in [0.25, 0.3) is 5.52 Å². The van der Waals surface area contributed by atoms with Gasteiger partial charge in [-0.15, -0.1) is 0 Å². The third-order valence-corrected chi connectivity index (χ3v) is 9.08. The van der Waals surface area contributed by atoms with Crippen LogP contribution in [0, 0.1) is 22.6 Å². The molecule has 7 rings (SSSR count). The molecule has 1 aliphatic carbocycles. The van der Waals surface area contributed by atoms with Crippen molar-refractivity contribution in [1.29, 1.82) is 5.26 Å². The van der Waals surface area contributed by atoms with E-state index in [9.17, 15) is 14.4 Å². The Morgan fingerprint density at radius 2 is 2.00 bits per heavy atom. The van der Waals surface area contributed by atoms with Gasteiger partial charge in [0.1, 0.15) is 17.3 Å². The molecule has 2 atom stereocenters. The molecule has 3 aliphatic heterocycles. The minimum Gasteiger partial charge on any atom is -0.378 e. The van der Waals surface area contributed by atoms with Crippen LogP contribution in [0.5, 0.6) is 0 Å². The second kappa shape index (κ2) is 9.03. The van der Waals surface area contributed by atoms with Crippen molar-refractivity contribution in [2.75, 3.05) is 44.3 Å². The topological polar surface area (TPSA) is 94.9 Å². The zero-order valence-corrected chi connectivity index (χ0v) is 22.4. The molecule has 204 valence electrons. The largest absolute Gasteiger partial charge is 0.378 e. The number of hydrogen-bond donors (Lipinski definition) is 0. The minimum absolute atomic E-state index is 0.0995. The number of carbonyl (C=O) groups is 1. The molecule has 2 fully saturated rings. The molecule has 0 aromatic carbocycles. The van der Waals surface area contributed by atoms with E-state index in [1.165, 1.54) is 22.0 Å². The highest BCUT2D eigenvalue weighted by atomic mass is 19.1. The van der Waals surface area contributed by atoms with Gasteiger partial charge in [0.2, 0.25) is 5.91 Å². The summed E-state index contributed by atoms with van der Waals surface area (Å²) >= 11 is 0. The van der Waals surface area contributed by atoms with Gasteiger partial charge in [0.15, 0.2) is 5.82 Å². The first-order chi connectivity index (χ1) is 18.9. The van der Waals surface area contributed by atoms with Gasteiger partial charge in [0, 0.05) is 44.3 Å². The predicted octanol–water partition coefficient (Wildman–Crippen LogP) is 2.51. The molecule has 0 radical (unpaired) electrons. The number of anilines is 1. The average Bonchev–Trinajstić information content (AvgIpc) is 3.50. The van der Waals surface area contributed by atoms with E-state index in [2.05, 4.69) is 39.5 Å². The van der Waals surface area contributed by atoms with Crippen molar-refractivity contribution in [1.82, 2.24) is 29.2 Å². The smallest absolute Gasteiger partial charge is 0.230 e. The number of ether oxygens (including phenoxy) is 1. The van der Waals surface area contributed by atoms with Crippen LogP contribution < -0.4 is 4.90 Å². The number of hydrogen-bond acceptors (Lipinski definition) is 7. The lowest BCUT2D eigenvalue weighted by Crippen LogP contribution is -2.49. The lowest BCUT2D eigenvalue weighted by Gasteiger charge is -2.38. The number of halogens is 1. The van der Waals surface area contributed by atoms with E-state index < -0.39 is 5.82 Å². The number of amides is 1. The molecule has 10 nitrogen and oxygen atoms in total. The summed E-state index contributed by atoms with van der Waals surface area (Å²) < 4.78 is 23.8. The summed E-state index contributed by atoms with van der Waals surface area (Å²) in [4.78, 5) is 20.0. The third kappa shape index (κ3) is 3.92. The molecule has 0 spiro atoms. The Bertz CT molecular complexity index is 1500. The van der Waals surface area contributed by atoms with E-state index in [0.717, 1.165) is 43.7 Å². The van der Waals surface area contributed by atoms with Crippen molar-refractivity contribution in [3.8, 4) is 6.07 Å². The average molecular weight is 533 g/mol. The number of fused-ring (bicyclic) bond motifs is 4. The quantitative estimate of drug-likeness (QED) is 0.510. The molecule has 3 aromatic heterocycles. The number of nitriles is 1. The lowest BCUT2D eigenvalue weighted by molar-refractivity contribution is -0.142. The van der Waals surface area contributed by atoms with Gasteiger partial charge < -0.3 is 14.5 Å². The summed E-state index contributed by atoms with van der Waals surface area (Å²) in [5.41, 5.74) is 4.65. The highest BCUT2D eigenvalue weighted by molar-refractivity contribution is 5.85. The standard InChI is InChI=1S/C28H33FN8O2/c1-18-11-21-23(15-35(18)17-28(5-6-28)27(38)33-7-9-39-10-8-33)32-36-19(2)14-34(16-25(21)36)24-4-3-20(12-30)37-26(24)22(29)13-31-37/h3-4,13,18-19H,5-11,14-17H2,1-2H3/t18-,19+/m0/s1. The van der Waals surface area contributed by atoms with Crippen LogP contribution in [0.2, 0.25) is 0 Å². The first-order valence-corrected chi connectivity index (χ1v) is 13.9. The van der Waals surface area contributed by atoms with Crippen LogP contribution in [-0.4, -0.2) is 80.5 Å². The molecule has 6 heterocycles. The first-order valence-electron chi connectivity index (χ1n) is 13.9. The fraction of sp³-hybridized carbons (Fsp3) is 0.571. The van der Waals surface area contributed by atoms with Crippen molar-refractivity contribution in [2.45, 2.75) is 58.3 Å². The molecule has 4 aliphatic rings. The Kier molecular flexibility index (Phi) is 5.68. The Labute approximate surface area is 226 Å². The maximum Gasteiger partial charge on any atom is 0.230 e.